The number of rotatable bonds is 5. The quantitative estimate of drug-likeness (QED) is 0.824. The monoisotopic (exact) mass is 386 g/mol. The fourth-order valence-corrected chi connectivity index (χ4v) is 4.61. The molecule has 1 aromatic heterocycles. The first kappa shape index (κ1) is 18.0. The predicted octanol–water partition coefficient (Wildman–Crippen LogP) is 1.82. The number of thiophene rings is 1. The standard InChI is InChI=1S/C20H23N3O3S/c1-26-17-7-4-6-14(20(17)25)16-12-15(18-8-5-11-27-18)21-23(16)19(24)13-22-9-2-3-10-22/h4-8,11,16,25H,2-3,9-10,12-13H2,1H3/p+1/t16-/m0/s1. The van der Waals surface area contributed by atoms with Crippen molar-refractivity contribution >= 4 is 23.0 Å². The number of hydrazone groups is 1. The summed E-state index contributed by atoms with van der Waals surface area (Å²) in [6, 6.07) is 9.09. The molecule has 0 bridgehead atoms. The van der Waals surface area contributed by atoms with Crippen LogP contribution in [0.25, 0.3) is 0 Å². The Labute approximate surface area is 162 Å². The van der Waals surface area contributed by atoms with Gasteiger partial charge in [0.15, 0.2) is 18.0 Å². The molecule has 2 aromatic rings. The molecule has 0 saturated carbocycles. The van der Waals surface area contributed by atoms with Crippen molar-refractivity contribution in [3.63, 3.8) is 0 Å². The van der Waals surface area contributed by atoms with Gasteiger partial charge in [-0.15, -0.1) is 11.3 Å². The number of ether oxygens (including phenoxy) is 1. The summed E-state index contributed by atoms with van der Waals surface area (Å²) >= 11 is 1.61. The van der Waals surface area contributed by atoms with E-state index in [4.69, 9.17) is 4.74 Å². The third-order valence-corrected chi connectivity index (χ3v) is 6.21. The molecule has 27 heavy (non-hydrogen) atoms. The maximum absolute atomic E-state index is 13.1. The van der Waals surface area contributed by atoms with Gasteiger partial charge in [-0.1, -0.05) is 18.2 Å². The third kappa shape index (κ3) is 3.57. The Morgan fingerprint density at radius 2 is 2.15 bits per heavy atom. The molecule has 3 heterocycles. The number of phenols is 1. The molecule has 1 aromatic carbocycles. The lowest BCUT2D eigenvalue weighted by molar-refractivity contribution is -0.879. The minimum atomic E-state index is -0.313. The van der Waals surface area contributed by atoms with Crippen molar-refractivity contribution in [2.75, 3.05) is 26.7 Å². The molecular formula is C20H24N3O3S+. The second-order valence-corrected chi connectivity index (χ2v) is 7.96. The number of aromatic hydroxyl groups is 1. The van der Waals surface area contributed by atoms with Gasteiger partial charge in [-0.25, -0.2) is 5.01 Å². The minimum absolute atomic E-state index is 0.00526. The molecule has 0 spiro atoms. The normalized spacial score (nSPS) is 20.1. The Bertz CT molecular complexity index is 844. The Morgan fingerprint density at radius 3 is 2.85 bits per heavy atom. The maximum atomic E-state index is 13.1. The first-order valence-corrected chi connectivity index (χ1v) is 10.2. The highest BCUT2D eigenvalue weighted by Gasteiger charge is 2.37. The number of benzene rings is 1. The lowest BCUT2D eigenvalue weighted by atomic mass is 9.99. The summed E-state index contributed by atoms with van der Waals surface area (Å²) in [5, 5.41) is 18.9. The van der Waals surface area contributed by atoms with Crippen LogP contribution in [0.15, 0.2) is 40.8 Å². The molecule has 7 heteroatoms. The molecule has 4 rings (SSSR count). The molecule has 0 aliphatic carbocycles. The number of para-hydroxylation sites is 1. The van der Waals surface area contributed by atoms with E-state index in [0.717, 1.165) is 23.7 Å². The first-order valence-electron chi connectivity index (χ1n) is 9.30. The lowest BCUT2D eigenvalue weighted by Crippen LogP contribution is -3.11. The van der Waals surface area contributed by atoms with Crippen molar-refractivity contribution in [2.24, 2.45) is 5.10 Å². The number of nitrogens with one attached hydrogen (secondary N) is 1. The summed E-state index contributed by atoms with van der Waals surface area (Å²) in [5.74, 6) is 0.499. The summed E-state index contributed by atoms with van der Waals surface area (Å²) < 4.78 is 5.25. The second-order valence-electron chi connectivity index (χ2n) is 7.01. The molecule has 2 aliphatic rings. The van der Waals surface area contributed by atoms with Crippen LogP contribution in [0.5, 0.6) is 11.5 Å². The van der Waals surface area contributed by atoms with Crippen molar-refractivity contribution < 1.29 is 19.5 Å². The van der Waals surface area contributed by atoms with Crippen LogP contribution < -0.4 is 9.64 Å². The van der Waals surface area contributed by atoms with Crippen LogP contribution in [0.1, 0.15) is 35.7 Å². The molecule has 142 valence electrons. The number of carbonyl (C=O) groups is 1. The molecule has 1 saturated heterocycles. The van der Waals surface area contributed by atoms with E-state index in [9.17, 15) is 9.90 Å². The molecule has 1 atom stereocenters. The van der Waals surface area contributed by atoms with E-state index in [1.807, 2.05) is 29.6 Å². The van der Waals surface area contributed by atoms with Crippen LogP contribution in [0, 0.1) is 0 Å². The number of hydrogen-bond donors (Lipinski definition) is 2. The average Bonchev–Trinajstić information content (AvgIpc) is 3.42. The fourth-order valence-electron chi connectivity index (χ4n) is 3.89. The van der Waals surface area contributed by atoms with Gasteiger partial charge in [0.2, 0.25) is 0 Å². The van der Waals surface area contributed by atoms with Gasteiger partial charge in [0.05, 0.1) is 36.8 Å². The van der Waals surface area contributed by atoms with Gasteiger partial charge in [0.1, 0.15) is 0 Å². The smallest absolute Gasteiger partial charge is 0.298 e. The lowest BCUT2D eigenvalue weighted by Gasteiger charge is -2.24. The highest BCUT2D eigenvalue weighted by molar-refractivity contribution is 7.12. The molecule has 6 nitrogen and oxygen atoms in total. The van der Waals surface area contributed by atoms with Crippen molar-refractivity contribution in [1.82, 2.24) is 5.01 Å². The zero-order valence-corrected chi connectivity index (χ0v) is 16.2. The number of likely N-dealkylation sites (tertiary alicyclic amines) is 1. The molecule has 2 aliphatic heterocycles. The molecule has 1 fully saturated rings. The number of methoxy groups -OCH3 is 1. The fraction of sp³-hybridized carbons (Fsp3) is 0.400. The maximum Gasteiger partial charge on any atom is 0.298 e. The van der Waals surface area contributed by atoms with E-state index in [0.29, 0.717) is 24.3 Å². The summed E-state index contributed by atoms with van der Waals surface area (Å²) in [6.07, 6.45) is 2.93. The number of carbonyl (C=O) groups excluding carboxylic acids is 1. The minimum Gasteiger partial charge on any atom is -0.504 e. The average molecular weight is 386 g/mol. The van der Waals surface area contributed by atoms with Crippen molar-refractivity contribution in [3.8, 4) is 11.5 Å². The number of hydrogen-bond acceptors (Lipinski definition) is 5. The topological polar surface area (TPSA) is 66.6 Å². The van der Waals surface area contributed by atoms with Crippen LogP contribution in [-0.2, 0) is 4.79 Å². The molecule has 0 unspecified atom stereocenters. The third-order valence-electron chi connectivity index (χ3n) is 5.29. The van der Waals surface area contributed by atoms with Crippen LogP contribution in [0.2, 0.25) is 0 Å². The van der Waals surface area contributed by atoms with Gasteiger partial charge in [-0.3, -0.25) is 4.79 Å². The Morgan fingerprint density at radius 1 is 1.33 bits per heavy atom. The van der Waals surface area contributed by atoms with Crippen LogP contribution in [0.4, 0.5) is 0 Å². The zero-order valence-electron chi connectivity index (χ0n) is 15.4. The summed E-state index contributed by atoms with van der Waals surface area (Å²) in [5.41, 5.74) is 1.57. The van der Waals surface area contributed by atoms with Gasteiger partial charge in [0, 0.05) is 24.8 Å². The van der Waals surface area contributed by atoms with Gasteiger partial charge < -0.3 is 14.7 Å². The molecule has 1 amide bonds. The SMILES string of the molecule is COc1cccc([C@@H]2CC(c3cccs3)=NN2C(=O)C[NH+]2CCCC2)c1O. The van der Waals surface area contributed by atoms with Crippen molar-refractivity contribution in [3.05, 3.63) is 46.2 Å². The zero-order chi connectivity index (χ0) is 18.8. The number of quaternary nitrogens is 1. The van der Waals surface area contributed by atoms with E-state index < -0.39 is 0 Å². The van der Waals surface area contributed by atoms with E-state index in [1.165, 1.54) is 24.9 Å². The number of nitrogens with zero attached hydrogens (tertiary/aromatic N) is 2. The van der Waals surface area contributed by atoms with E-state index in [2.05, 4.69) is 5.10 Å². The van der Waals surface area contributed by atoms with Gasteiger partial charge in [-0.05, 0) is 17.5 Å². The molecular weight excluding hydrogens is 362 g/mol. The molecule has 0 radical (unpaired) electrons. The highest BCUT2D eigenvalue weighted by Crippen LogP contribution is 2.41. The largest absolute Gasteiger partial charge is 0.504 e. The molecule has 2 N–H and O–H groups in total. The van der Waals surface area contributed by atoms with E-state index in [-0.39, 0.29) is 17.7 Å². The van der Waals surface area contributed by atoms with Crippen LogP contribution >= 0.6 is 11.3 Å². The Kier molecular flexibility index (Phi) is 5.13. The predicted molar refractivity (Wildman–Crippen MR) is 105 cm³/mol. The summed E-state index contributed by atoms with van der Waals surface area (Å²) in [4.78, 5) is 15.4. The first-order chi connectivity index (χ1) is 13.2. The summed E-state index contributed by atoms with van der Waals surface area (Å²) in [7, 11) is 1.53. The van der Waals surface area contributed by atoms with Crippen molar-refractivity contribution in [1.29, 1.82) is 0 Å². The van der Waals surface area contributed by atoms with E-state index in [1.54, 1.807) is 22.4 Å². The number of phenolic OH excluding ortho intramolecular Hbond substituents is 1. The summed E-state index contributed by atoms with van der Waals surface area (Å²) in [6.45, 7) is 2.52. The van der Waals surface area contributed by atoms with Gasteiger partial charge >= 0.3 is 0 Å². The van der Waals surface area contributed by atoms with Crippen molar-refractivity contribution in [2.45, 2.75) is 25.3 Å². The van der Waals surface area contributed by atoms with Gasteiger partial charge in [0.25, 0.3) is 5.91 Å². The second kappa shape index (κ2) is 7.70. The highest BCUT2D eigenvalue weighted by atomic mass is 32.1. The van der Waals surface area contributed by atoms with Crippen LogP contribution in [0.3, 0.4) is 0 Å². The van der Waals surface area contributed by atoms with Gasteiger partial charge in [-0.2, -0.15) is 5.10 Å². The number of amides is 1. The Balaban J connectivity index is 1.65. The Hall–Kier alpha value is -2.38. The van der Waals surface area contributed by atoms with Crippen LogP contribution in [-0.4, -0.2) is 48.5 Å². The van der Waals surface area contributed by atoms with E-state index >= 15 is 0 Å².